The summed E-state index contributed by atoms with van der Waals surface area (Å²) in [5.74, 6) is 0.0527. The Morgan fingerprint density at radius 3 is 2.47 bits per heavy atom. The molecule has 17 heavy (non-hydrogen) atoms. The zero-order valence-corrected chi connectivity index (χ0v) is 12.1. The summed E-state index contributed by atoms with van der Waals surface area (Å²) in [6.07, 6.45) is 2.08. The predicted octanol–water partition coefficient (Wildman–Crippen LogP) is 2.54. The first-order valence-electron chi connectivity index (χ1n) is 5.93. The van der Waals surface area contributed by atoms with Crippen molar-refractivity contribution in [2.45, 2.75) is 25.8 Å². The lowest BCUT2D eigenvalue weighted by atomic mass is 10.1. The molecule has 0 radical (unpaired) electrons. The van der Waals surface area contributed by atoms with Crippen molar-refractivity contribution in [3.8, 4) is 0 Å². The van der Waals surface area contributed by atoms with E-state index in [1.54, 1.807) is 0 Å². The van der Waals surface area contributed by atoms with Crippen LogP contribution in [-0.2, 0) is 0 Å². The van der Waals surface area contributed by atoms with Crippen LogP contribution in [0.3, 0.4) is 0 Å². The topological polar surface area (TPSA) is 32.3 Å². The Morgan fingerprint density at radius 1 is 1.29 bits per heavy atom. The maximum Gasteiger partial charge on any atom is 0.251 e. The second kappa shape index (κ2) is 5.82. The first-order chi connectivity index (χ1) is 8.15. The summed E-state index contributed by atoms with van der Waals surface area (Å²) in [6.45, 7) is 4.14. The first-order valence-corrected chi connectivity index (χ1v) is 6.90. The standard InChI is InChI=1S/C13H17IN2O/c1-10-2-4-11(5-3-10)13(17)15-12-6-8-16(14)9-7-12/h2-5,12H,6-9H2,1H3,(H,15,17). The van der Waals surface area contributed by atoms with Gasteiger partial charge in [0.1, 0.15) is 0 Å². The maximum absolute atomic E-state index is 12.0. The van der Waals surface area contributed by atoms with Gasteiger partial charge in [0.05, 0.1) is 0 Å². The van der Waals surface area contributed by atoms with Gasteiger partial charge in [0.15, 0.2) is 0 Å². The van der Waals surface area contributed by atoms with Crippen LogP contribution in [0.15, 0.2) is 24.3 Å². The van der Waals surface area contributed by atoms with Crippen LogP contribution >= 0.6 is 22.9 Å². The fourth-order valence-corrected chi connectivity index (χ4v) is 2.52. The fraction of sp³-hybridized carbons (Fsp3) is 0.462. The lowest BCUT2D eigenvalue weighted by Gasteiger charge is -2.28. The number of nitrogens with zero attached hydrogens (tertiary/aromatic N) is 1. The molecule has 1 fully saturated rings. The Labute approximate surface area is 116 Å². The molecule has 1 aliphatic heterocycles. The fourth-order valence-electron chi connectivity index (χ4n) is 1.97. The zero-order chi connectivity index (χ0) is 12.3. The zero-order valence-electron chi connectivity index (χ0n) is 9.95. The van der Waals surface area contributed by atoms with Crippen molar-refractivity contribution < 1.29 is 4.79 Å². The van der Waals surface area contributed by atoms with Crippen LogP contribution < -0.4 is 5.32 Å². The highest BCUT2D eigenvalue weighted by Crippen LogP contribution is 2.14. The molecular formula is C13H17IN2O. The summed E-state index contributed by atoms with van der Waals surface area (Å²) < 4.78 is 2.27. The molecule has 0 aliphatic carbocycles. The van der Waals surface area contributed by atoms with Gasteiger partial charge in [0.2, 0.25) is 0 Å². The van der Waals surface area contributed by atoms with Gasteiger partial charge >= 0.3 is 0 Å². The molecule has 2 rings (SSSR count). The number of halogens is 1. The van der Waals surface area contributed by atoms with Crippen LogP contribution in [0.4, 0.5) is 0 Å². The van der Waals surface area contributed by atoms with Crippen molar-refractivity contribution >= 4 is 28.8 Å². The van der Waals surface area contributed by atoms with Crippen LogP contribution in [0.2, 0.25) is 0 Å². The quantitative estimate of drug-likeness (QED) is 0.661. The van der Waals surface area contributed by atoms with Crippen molar-refractivity contribution in [3.63, 3.8) is 0 Å². The van der Waals surface area contributed by atoms with Crippen molar-refractivity contribution in [3.05, 3.63) is 35.4 Å². The molecule has 0 atom stereocenters. The number of hydrogen-bond donors (Lipinski definition) is 1. The molecule has 1 N–H and O–H groups in total. The second-order valence-electron chi connectivity index (χ2n) is 4.52. The van der Waals surface area contributed by atoms with Gasteiger partial charge in [0, 0.05) is 47.6 Å². The van der Waals surface area contributed by atoms with Crippen LogP contribution in [0.5, 0.6) is 0 Å². The molecule has 1 aliphatic rings. The first kappa shape index (κ1) is 12.8. The van der Waals surface area contributed by atoms with Crippen molar-refractivity contribution in [2.75, 3.05) is 13.1 Å². The van der Waals surface area contributed by atoms with E-state index in [2.05, 4.69) is 31.3 Å². The Kier molecular flexibility index (Phi) is 4.39. The SMILES string of the molecule is Cc1ccc(C(=O)NC2CCN(I)CC2)cc1. The highest BCUT2D eigenvalue weighted by Gasteiger charge is 2.19. The third-order valence-electron chi connectivity index (χ3n) is 3.09. The normalized spacial score (nSPS) is 18.0. The Bertz CT molecular complexity index is 383. The van der Waals surface area contributed by atoms with E-state index >= 15 is 0 Å². The number of rotatable bonds is 2. The highest BCUT2D eigenvalue weighted by molar-refractivity contribution is 14.1. The van der Waals surface area contributed by atoms with E-state index in [-0.39, 0.29) is 5.91 Å². The van der Waals surface area contributed by atoms with E-state index in [1.165, 1.54) is 5.56 Å². The molecule has 4 heteroatoms. The summed E-state index contributed by atoms with van der Waals surface area (Å²) in [4.78, 5) is 12.0. The van der Waals surface area contributed by atoms with Crippen LogP contribution in [0.25, 0.3) is 0 Å². The third-order valence-corrected chi connectivity index (χ3v) is 4.05. The minimum Gasteiger partial charge on any atom is -0.349 e. The number of hydrogen-bond acceptors (Lipinski definition) is 2. The molecule has 1 heterocycles. The Hall–Kier alpha value is -0.620. The number of nitrogens with one attached hydrogen (secondary N) is 1. The molecule has 0 unspecified atom stereocenters. The third kappa shape index (κ3) is 3.67. The Balaban J connectivity index is 1.91. The smallest absolute Gasteiger partial charge is 0.251 e. The average Bonchev–Trinajstić information content (AvgIpc) is 2.33. The van der Waals surface area contributed by atoms with E-state index in [4.69, 9.17) is 0 Å². The van der Waals surface area contributed by atoms with Gasteiger partial charge < -0.3 is 5.32 Å². The number of amides is 1. The highest BCUT2D eigenvalue weighted by atomic mass is 127. The van der Waals surface area contributed by atoms with Crippen molar-refractivity contribution in [2.24, 2.45) is 0 Å². The van der Waals surface area contributed by atoms with Gasteiger partial charge in [-0.2, -0.15) is 0 Å². The molecule has 1 amide bonds. The van der Waals surface area contributed by atoms with Crippen LogP contribution in [-0.4, -0.2) is 28.2 Å². The predicted molar refractivity (Wildman–Crippen MR) is 77.3 cm³/mol. The molecule has 0 aromatic heterocycles. The van der Waals surface area contributed by atoms with Crippen LogP contribution in [0, 0.1) is 6.92 Å². The molecule has 92 valence electrons. The molecule has 0 spiro atoms. The number of piperidine rings is 1. The minimum absolute atomic E-state index is 0.0527. The molecule has 1 aromatic rings. The molecule has 3 nitrogen and oxygen atoms in total. The lowest BCUT2D eigenvalue weighted by molar-refractivity contribution is 0.0925. The number of benzene rings is 1. The van der Waals surface area contributed by atoms with Gasteiger partial charge in [-0.15, -0.1) is 0 Å². The van der Waals surface area contributed by atoms with Gasteiger partial charge in [-0.05, 0) is 31.9 Å². The summed E-state index contributed by atoms with van der Waals surface area (Å²) in [6, 6.07) is 8.05. The summed E-state index contributed by atoms with van der Waals surface area (Å²) in [7, 11) is 0. The van der Waals surface area contributed by atoms with Gasteiger partial charge in [0.25, 0.3) is 5.91 Å². The average molecular weight is 344 g/mol. The molecule has 0 saturated carbocycles. The lowest BCUT2D eigenvalue weighted by Crippen LogP contribution is -2.41. The molecule has 1 aromatic carbocycles. The summed E-state index contributed by atoms with van der Waals surface area (Å²) in [5, 5.41) is 3.11. The molecule has 1 saturated heterocycles. The molecule has 0 bridgehead atoms. The van der Waals surface area contributed by atoms with Crippen LogP contribution in [0.1, 0.15) is 28.8 Å². The van der Waals surface area contributed by atoms with E-state index in [0.717, 1.165) is 31.5 Å². The minimum atomic E-state index is 0.0527. The largest absolute Gasteiger partial charge is 0.349 e. The van der Waals surface area contributed by atoms with Gasteiger partial charge in [-0.3, -0.25) is 4.79 Å². The maximum atomic E-state index is 12.0. The number of aryl methyl sites for hydroxylation is 1. The monoisotopic (exact) mass is 344 g/mol. The number of carbonyl (C=O) groups is 1. The van der Waals surface area contributed by atoms with E-state index in [0.29, 0.717) is 6.04 Å². The number of carbonyl (C=O) groups excluding carboxylic acids is 1. The van der Waals surface area contributed by atoms with Gasteiger partial charge in [-0.1, -0.05) is 17.7 Å². The van der Waals surface area contributed by atoms with Crippen molar-refractivity contribution in [1.29, 1.82) is 0 Å². The van der Waals surface area contributed by atoms with E-state index < -0.39 is 0 Å². The molecular weight excluding hydrogens is 327 g/mol. The second-order valence-corrected chi connectivity index (χ2v) is 5.89. The van der Waals surface area contributed by atoms with Gasteiger partial charge in [-0.25, -0.2) is 3.11 Å². The summed E-state index contributed by atoms with van der Waals surface area (Å²) in [5.41, 5.74) is 1.94. The van der Waals surface area contributed by atoms with Crippen molar-refractivity contribution in [1.82, 2.24) is 8.43 Å². The van der Waals surface area contributed by atoms with E-state index in [9.17, 15) is 4.79 Å². The summed E-state index contributed by atoms with van der Waals surface area (Å²) >= 11 is 2.34. The van der Waals surface area contributed by atoms with E-state index in [1.807, 2.05) is 31.2 Å². The Morgan fingerprint density at radius 2 is 1.88 bits per heavy atom.